The number of nitrogens with one attached hydrogen (secondary N) is 1. The molecule has 0 fully saturated rings. The number of aryl methyl sites for hydroxylation is 2. The average molecular weight is 401 g/mol. The van der Waals surface area contributed by atoms with Gasteiger partial charge in [0, 0.05) is 32.3 Å². The quantitative estimate of drug-likeness (QED) is 0.484. The lowest BCUT2D eigenvalue weighted by Gasteiger charge is -2.20. The van der Waals surface area contributed by atoms with Crippen LogP contribution in [-0.4, -0.2) is 25.4 Å². The van der Waals surface area contributed by atoms with Crippen LogP contribution in [0.4, 0.5) is 14.6 Å². The van der Waals surface area contributed by atoms with Crippen molar-refractivity contribution in [2.75, 3.05) is 0 Å². The maximum Gasteiger partial charge on any atom is 0.381 e. The Balaban J connectivity index is 1.76. The van der Waals surface area contributed by atoms with Crippen molar-refractivity contribution in [1.29, 1.82) is 0 Å². The standard InChI is InChI=1S/C19H17F2N5O3/c1-12-23-17(26(28)29)11-25(12)8-6-18(27)24-19(14-3-2-7-22-10-14)13-4-5-15(20)16(21)9-13/h2-5,7,9-11,19H,6,8H2,1H3,(H,24,27). The molecule has 1 amide bonds. The van der Waals surface area contributed by atoms with Crippen LogP contribution in [0.15, 0.2) is 48.9 Å². The van der Waals surface area contributed by atoms with Crippen molar-refractivity contribution in [3.63, 3.8) is 0 Å². The number of rotatable bonds is 7. The number of amides is 1. The van der Waals surface area contributed by atoms with Crippen molar-refractivity contribution in [3.05, 3.63) is 87.6 Å². The number of halogens is 2. The van der Waals surface area contributed by atoms with E-state index >= 15 is 0 Å². The number of nitrogens with zero attached hydrogens (tertiary/aromatic N) is 4. The monoisotopic (exact) mass is 401 g/mol. The van der Waals surface area contributed by atoms with E-state index in [4.69, 9.17) is 0 Å². The Morgan fingerprint density at radius 2 is 2.07 bits per heavy atom. The minimum Gasteiger partial charge on any atom is -0.358 e. The number of carbonyl (C=O) groups is 1. The van der Waals surface area contributed by atoms with Gasteiger partial charge in [-0.25, -0.2) is 8.78 Å². The summed E-state index contributed by atoms with van der Waals surface area (Å²) in [7, 11) is 0. The second-order valence-corrected chi connectivity index (χ2v) is 6.31. The molecule has 3 aromatic rings. The van der Waals surface area contributed by atoms with Gasteiger partial charge in [-0.15, -0.1) is 0 Å². The molecule has 1 N–H and O–H groups in total. The summed E-state index contributed by atoms with van der Waals surface area (Å²) in [5.74, 6) is -2.26. The fraction of sp³-hybridized carbons (Fsp3) is 0.211. The molecular formula is C19H17F2N5O3. The molecule has 29 heavy (non-hydrogen) atoms. The molecule has 0 aliphatic rings. The minimum atomic E-state index is -1.02. The predicted molar refractivity (Wildman–Crippen MR) is 98.8 cm³/mol. The molecule has 3 rings (SSSR count). The van der Waals surface area contributed by atoms with E-state index in [2.05, 4.69) is 15.3 Å². The van der Waals surface area contributed by atoms with Gasteiger partial charge in [0.05, 0.1) is 6.04 Å². The highest BCUT2D eigenvalue weighted by molar-refractivity contribution is 5.77. The van der Waals surface area contributed by atoms with Crippen molar-refractivity contribution in [3.8, 4) is 0 Å². The molecule has 1 atom stereocenters. The number of imidazole rings is 1. The summed E-state index contributed by atoms with van der Waals surface area (Å²) in [6.07, 6.45) is 4.35. The summed E-state index contributed by atoms with van der Waals surface area (Å²) in [6.45, 7) is 1.78. The van der Waals surface area contributed by atoms with Crippen molar-refractivity contribution in [2.45, 2.75) is 25.9 Å². The molecule has 0 saturated heterocycles. The zero-order valence-electron chi connectivity index (χ0n) is 15.4. The van der Waals surface area contributed by atoms with Gasteiger partial charge in [-0.2, -0.15) is 0 Å². The molecule has 1 aromatic carbocycles. The Bertz CT molecular complexity index is 1040. The summed E-state index contributed by atoms with van der Waals surface area (Å²) < 4.78 is 28.5. The van der Waals surface area contributed by atoms with Crippen LogP contribution in [0.1, 0.15) is 29.4 Å². The highest BCUT2D eigenvalue weighted by atomic mass is 19.2. The van der Waals surface area contributed by atoms with Crippen LogP contribution in [0.3, 0.4) is 0 Å². The third-order valence-electron chi connectivity index (χ3n) is 4.33. The molecule has 1 unspecified atom stereocenters. The normalized spacial score (nSPS) is 11.8. The summed E-state index contributed by atoms with van der Waals surface area (Å²) in [5, 5.41) is 13.6. The summed E-state index contributed by atoms with van der Waals surface area (Å²) in [5.41, 5.74) is 0.959. The lowest BCUT2D eigenvalue weighted by atomic mass is 9.99. The molecule has 2 aromatic heterocycles. The van der Waals surface area contributed by atoms with E-state index in [-0.39, 0.29) is 24.7 Å². The molecule has 0 aliphatic heterocycles. The number of aromatic nitrogens is 3. The topological polar surface area (TPSA) is 103 Å². The Hall–Kier alpha value is -3.69. The van der Waals surface area contributed by atoms with Crippen molar-refractivity contribution in [1.82, 2.24) is 19.9 Å². The number of nitro groups is 1. The van der Waals surface area contributed by atoms with E-state index in [0.717, 1.165) is 12.1 Å². The first kappa shape index (κ1) is 20.1. The molecule has 150 valence electrons. The van der Waals surface area contributed by atoms with E-state index < -0.39 is 22.6 Å². The maximum atomic E-state index is 13.7. The number of pyridine rings is 1. The van der Waals surface area contributed by atoms with Crippen molar-refractivity contribution < 1.29 is 18.5 Å². The number of hydrogen-bond acceptors (Lipinski definition) is 5. The van der Waals surface area contributed by atoms with E-state index in [1.165, 1.54) is 23.0 Å². The lowest BCUT2D eigenvalue weighted by molar-refractivity contribution is -0.389. The summed E-state index contributed by atoms with van der Waals surface area (Å²) >= 11 is 0. The molecular weight excluding hydrogens is 384 g/mol. The Labute approximate surface area is 164 Å². The second kappa shape index (κ2) is 8.55. The molecule has 2 heterocycles. The fourth-order valence-electron chi connectivity index (χ4n) is 2.86. The molecule has 0 radical (unpaired) electrons. The van der Waals surface area contributed by atoms with Gasteiger partial charge in [-0.3, -0.25) is 9.78 Å². The van der Waals surface area contributed by atoms with E-state index in [9.17, 15) is 23.7 Å². The second-order valence-electron chi connectivity index (χ2n) is 6.31. The van der Waals surface area contributed by atoms with Gasteiger partial charge in [0.25, 0.3) is 0 Å². The maximum absolute atomic E-state index is 13.7. The largest absolute Gasteiger partial charge is 0.381 e. The van der Waals surface area contributed by atoms with Crippen LogP contribution in [0.25, 0.3) is 0 Å². The van der Waals surface area contributed by atoms with Crippen LogP contribution in [0, 0.1) is 28.7 Å². The smallest absolute Gasteiger partial charge is 0.358 e. The zero-order chi connectivity index (χ0) is 21.0. The molecule has 8 nitrogen and oxygen atoms in total. The van der Waals surface area contributed by atoms with E-state index in [0.29, 0.717) is 17.0 Å². The third kappa shape index (κ3) is 4.78. The fourth-order valence-corrected chi connectivity index (χ4v) is 2.86. The molecule has 0 aliphatic carbocycles. The lowest BCUT2D eigenvalue weighted by Crippen LogP contribution is -2.30. The first-order valence-corrected chi connectivity index (χ1v) is 8.67. The number of carbonyl (C=O) groups excluding carboxylic acids is 1. The first-order chi connectivity index (χ1) is 13.8. The third-order valence-corrected chi connectivity index (χ3v) is 4.33. The minimum absolute atomic E-state index is 0.00872. The van der Waals surface area contributed by atoms with Gasteiger partial charge in [0.2, 0.25) is 11.7 Å². The highest BCUT2D eigenvalue weighted by Gasteiger charge is 2.20. The van der Waals surface area contributed by atoms with Crippen LogP contribution < -0.4 is 5.32 Å². The van der Waals surface area contributed by atoms with Crippen molar-refractivity contribution >= 4 is 11.7 Å². The zero-order valence-corrected chi connectivity index (χ0v) is 15.4. The van der Waals surface area contributed by atoms with Crippen LogP contribution in [0.2, 0.25) is 0 Å². The predicted octanol–water partition coefficient (Wildman–Crippen LogP) is 3.07. The Morgan fingerprint density at radius 1 is 1.28 bits per heavy atom. The SMILES string of the molecule is Cc1nc([N+](=O)[O-])cn1CCC(=O)NC(c1cccnc1)c1ccc(F)c(F)c1. The van der Waals surface area contributed by atoms with Gasteiger partial charge >= 0.3 is 5.82 Å². The van der Waals surface area contributed by atoms with Gasteiger partial charge in [0.15, 0.2) is 11.6 Å². The van der Waals surface area contributed by atoms with E-state index in [1.807, 2.05) is 0 Å². The summed E-state index contributed by atoms with van der Waals surface area (Å²) in [6, 6.07) is 6.06. The first-order valence-electron chi connectivity index (χ1n) is 8.67. The Morgan fingerprint density at radius 3 is 2.69 bits per heavy atom. The Kier molecular flexibility index (Phi) is 5.91. The average Bonchev–Trinajstić information content (AvgIpc) is 3.08. The van der Waals surface area contributed by atoms with Crippen LogP contribution in [-0.2, 0) is 11.3 Å². The van der Waals surface area contributed by atoms with Crippen molar-refractivity contribution in [2.24, 2.45) is 0 Å². The molecule has 0 bridgehead atoms. The number of hydrogen-bond donors (Lipinski definition) is 1. The molecule has 10 heteroatoms. The van der Waals surface area contributed by atoms with E-state index in [1.54, 1.807) is 25.3 Å². The van der Waals surface area contributed by atoms with Gasteiger partial charge < -0.3 is 20.0 Å². The molecule has 0 saturated carbocycles. The van der Waals surface area contributed by atoms with Gasteiger partial charge in [0.1, 0.15) is 6.20 Å². The van der Waals surface area contributed by atoms with Crippen LogP contribution >= 0.6 is 0 Å². The number of benzene rings is 1. The summed E-state index contributed by atoms with van der Waals surface area (Å²) in [4.78, 5) is 30.5. The highest BCUT2D eigenvalue weighted by Crippen LogP contribution is 2.23. The van der Waals surface area contributed by atoms with Gasteiger partial charge in [-0.05, 0) is 39.2 Å². The van der Waals surface area contributed by atoms with Crippen LogP contribution in [0.5, 0.6) is 0 Å². The van der Waals surface area contributed by atoms with Gasteiger partial charge in [-0.1, -0.05) is 12.1 Å². The molecule has 0 spiro atoms.